The summed E-state index contributed by atoms with van der Waals surface area (Å²) in [5, 5.41) is 15.7. The van der Waals surface area contributed by atoms with Crippen LogP contribution in [0.4, 0.5) is 23.0 Å². The fraction of sp³-hybridized carbons (Fsp3) is 0.214. The van der Waals surface area contributed by atoms with E-state index in [1.54, 1.807) is 7.11 Å². The molecule has 0 unspecified atom stereocenters. The second-order valence-corrected chi connectivity index (χ2v) is 8.72. The van der Waals surface area contributed by atoms with Crippen LogP contribution in [0.25, 0.3) is 0 Å². The van der Waals surface area contributed by atoms with Gasteiger partial charge in [0.2, 0.25) is 11.6 Å². The van der Waals surface area contributed by atoms with Gasteiger partial charge in [0.05, 0.1) is 18.1 Å². The summed E-state index contributed by atoms with van der Waals surface area (Å²) in [6.45, 7) is 2.63. The van der Waals surface area contributed by atoms with E-state index in [4.69, 9.17) is 4.74 Å². The molecular weight excluding hydrogens is 468 g/mol. The zero-order valence-electron chi connectivity index (χ0n) is 20.5. The molecule has 1 aliphatic heterocycles. The van der Waals surface area contributed by atoms with Gasteiger partial charge in [-0.25, -0.2) is 9.97 Å². The molecular formula is C28H28N6O3. The number of hydrogen-bond acceptors (Lipinski definition) is 8. The summed E-state index contributed by atoms with van der Waals surface area (Å²) in [6.07, 6.45) is 1.40. The van der Waals surface area contributed by atoms with E-state index in [1.165, 1.54) is 6.33 Å². The summed E-state index contributed by atoms with van der Waals surface area (Å²) in [5.74, 6) is 1.34. The van der Waals surface area contributed by atoms with E-state index in [0.717, 1.165) is 22.6 Å². The first kappa shape index (κ1) is 24.1. The van der Waals surface area contributed by atoms with Crippen LogP contribution < -0.4 is 19.9 Å². The van der Waals surface area contributed by atoms with Gasteiger partial charge in [-0.1, -0.05) is 60.7 Å². The molecule has 1 N–H and O–H groups in total. The summed E-state index contributed by atoms with van der Waals surface area (Å²) >= 11 is 0. The molecule has 0 aliphatic carbocycles. The Bertz CT molecular complexity index is 1290. The highest BCUT2D eigenvalue weighted by Crippen LogP contribution is 2.36. The Morgan fingerprint density at radius 3 is 1.95 bits per heavy atom. The van der Waals surface area contributed by atoms with Crippen molar-refractivity contribution >= 4 is 23.0 Å². The lowest BCUT2D eigenvalue weighted by molar-refractivity contribution is -0.383. The third kappa shape index (κ3) is 5.30. The maximum absolute atomic E-state index is 12.3. The second kappa shape index (κ2) is 10.9. The van der Waals surface area contributed by atoms with Crippen LogP contribution >= 0.6 is 0 Å². The van der Waals surface area contributed by atoms with Gasteiger partial charge in [-0.15, -0.1) is 0 Å². The van der Waals surface area contributed by atoms with E-state index in [0.29, 0.717) is 32.0 Å². The number of aromatic nitrogens is 2. The predicted octanol–water partition coefficient (Wildman–Crippen LogP) is 4.92. The molecule has 1 saturated heterocycles. The van der Waals surface area contributed by atoms with Crippen LogP contribution in [0.15, 0.2) is 91.3 Å². The molecule has 0 atom stereocenters. The molecule has 3 aromatic carbocycles. The lowest BCUT2D eigenvalue weighted by Gasteiger charge is -2.36. The predicted molar refractivity (Wildman–Crippen MR) is 144 cm³/mol. The van der Waals surface area contributed by atoms with E-state index >= 15 is 0 Å². The van der Waals surface area contributed by atoms with Crippen molar-refractivity contribution in [2.45, 2.75) is 6.04 Å². The van der Waals surface area contributed by atoms with Crippen LogP contribution in [-0.4, -0.2) is 48.2 Å². The van der Waals surface area contributed by atoms with Crippen molar-refractivity contribution in [3.63, 3.8) is 0 Å². The Morgan fingerprint density at radius 2 is 1.41 bits per heavy atom. The SMILES string of the molecule is COc1ccc(N2CCN(c3ncnc(NC(c4ccccc4)c4ccccc4)c3[N+](=O)[O-])CC2)cc1. The topological polar surface area (TPSA) is 96.7 Å². The highest BCUT2D eigenvalue weighted by atomic mass is 16.6. The molecule has 2 heterocycles. The number of nitro groups is 1. The van der Waals surface area contributed by atoms with Gasteiger partial charge in [0.25, 0.3) is 0 Å². The molecule has 188 valence electrons. The Kier molecular flexibility index (Phi) is 7.12. The first-order chi connectivity index (χ1) is 18.1. The molecule has 4 aromatic rings. The molecule has 0 amide bonds. The molecule has 1 aliphatic rings. The summed E-state index contributed by atoms with van der Waals surface area (Å²) < 4.78 is 5.25. The molecule has 0 radical (unpaired) electrons. The van der Waals surface area contributed by atoms with Gasteiger partial charge < -0.3 is 19.9 Å². The van der Waals surface area contributed by atoms with Crippen molar-refractivity contribution in [2.24, 2.45) is 0 Å². The minimum atomic E-state index is -0.388. The van der Waals surface area contributed by atoms with Crippen molar-refractivity contribution in [2.75, 3.05) is 48.4 Å². The molecule has 37 heavy (non-hydrogen) atoms. The Balaban J connectivity index is 1.41. The van der Waals surface area contributed by atoms with E-state index in [1.807, 2.05) is 89.8 Å². The first-order valence-corrected chi connectivity index (χ1v) is 12.1. The van der Waals surface area contributed by atoms with Gasteiger partial charge in [-0.3, -0.25) is 10.1 Å². The molecule has 0 spiro atoms. The van der Waals surface area contributed by atoms with Crippen LogP contribution in [0.3, 0.4) is 0 Å². The highest BCUT2D eigenvalue weighted by molar-refractivity contribution is 5.71. The van der Waals surface area contributed by atoms with E-state index < -0.39 is 0 Å². The smallest absolute Gasteiger partial charge is 0.353 e. The number of nitrogens with zero attached hydrogens (tertiary/aromatic N) is 5. The van der Waals surface area contributed by atoms with Crippen LogP contribution in [0, 0.1) is 10.1 Å². The number of anilines is 3. The molecule has 9 heteroatoms. The van der Waals surface area contributed by atoms with E-state index in [2.05, 4.69) is 20.2 Å². The van der Waals surface area contributed by atoms with Gasteiger partial charge >= 0.3 is 5.69 Å². The van der Waals surface area contributed by atoms with Gasteiger partial charge in [-0.05, 0) is 35.4 Å². The second-order valence-electron chi connectivity index (χ2n) is 8.72. The van der Waals surface area contributed by atoms with Gasteiger partial charge in [0.15, 0.2) is 0 Å². The average molecular weight is 497 g/mol. The summed E-state index contributed by atoms with van der Waals surface area (Å²) in [7, 11) is 1.65. The van der Waals surface area contributed by atoms with Gasteiger partial charge in [-0.2, -0.15) is 0 Å². The lowest BCUT2D eigenvalue weighted by Crippen LogP contribution is -2.47. The van der Waals surface area contributed by atoms with Crippen molar-refractivity contribution in [1.82, 2.24) is 9.97 Å². The number of benzene rings is 3. The Morgan fingerprint density at radius 1 is 0.838 bits per heavy atom. The van der Waals surface area contributed by atoms with Crippen LogP contribution in [0.2, 0.25) is 0 Å². The number of methoxy groups -OCH3 is 1. The number of nitrogens with one attached hydrogen (secondary N) is 1. The molecule has 1 fully saturated rings. The van der Waals surface area contributed by atoms with Gasteiger partial charge in [0.1, 0.15) is 12.1 Å². The van der Waals surface area contributed by atoms with Crippen molar-refractivity contribution in [3.8, 4) is 5.75 Å². The third-order valence-corrected chi connectivity index (χ3v) is 6.55. The maximum atomic E-state index is 12.3. The summed E-state index contributed by atoms with van der Waals surface area (Å²) in [4.78, 5) is 24.8. The van der Waals surface area contributed by atoms with E-state index in [-0.39, 0.29) is 22.5 Å². The highest BCUT2D eigenvalue weighted by Gasteiger charge is 2.31. The van der Waals surface area contributed by atoms with Crippen molar-refractivity contribution in [3.05, 3.63) is 112 Å². The minimum absolute atomic E-state index is 0.114. The molecule has 9 nitrogen and oxygen atoms in total. The lowest BCUT2D eigenvalue weighted by atomic mass is 9.98. The summed E-state index contributed by atoms with van der Waals surface area (Å²) in [6, 6.07) is 27.3. The quantitative estimate of drug-likeness (QED) is 0.271. The van der Waals surface area contributed by atoms with Crippen LogP contribution in [0.1, 0.15) is 17.2 Å². The Labute approximate surface area is 215 Å². The maximum Gasteiger partial charge on any atom is 0.353 e. The standard InChI is InChI=1S/C28H28N6O3/c1-37-24-14-12-23(13-15-24)32-16-18-33(19-17-32)28-26(34(35)36)27(29-20-30-28)31-25(21-8-4-2-5-9-21)22-10-6-3-7-11-22/h2-15,20,25H,16-19H2,1H3,(H,29,30,31). The third-order valence-electron chi connectivity index (χ3n) is 6.55. The van der Waals surface area contributed by atoms with Crippen molar-refractivity contribution in [1.29, 1.82) is 0 Å². The number of rotatable bonds is 8. The summed E-state index contributed by atoms with van der Waals surface area (Å²) in [5.41, 5.74) is 2.94. The largest absolute Gasteiger partial charge is 0.497 e. The Hall–Kier alpha value is -4.66. The molecule has 5 rings (SSSR count). The number of ether oxygens (including phenoxy) is 1. The molecule has 0 saturated carbocycles. The fourth-order valence-electron chi connectivity index (χ4n) is 4.63. The van der Waals surface area contributed by atoms with E-state index in [9.17, 15) is 10.1 Å². The zero-order chi connectivity index (χ0) is 25.6. The van der Waals surface area contributed by atoms with Crippen LogP contribution in [0.5, 0.6) is 5.75 Å². The van der Waals surface area contributed by atoms with Crippen molar-refractivity contribution < 1.29 is 9.66 Å². The minimum Gasteiger partial charge on any atom is -0.497 e. The van der Waals surface area contributed by atoms with Crippen LogP contribution in [-0.2, 0) is 0 Å². The zero-order valence-corrected chi connectivity index (χ0v) is 20.5. The molecule has 0 bridgehead atoms. The number of hydrogen-bond donors (Lipinski definition) is 1. The molecule has 1 aromatic heterocycles. The first-order valence-electron chi connectivity index (χ1n) is 12.1. The number of piperazine rings is 1. The van der Waals surface area contributed by atoms with Gasteiger partial charge in [0, 0.05) is 31.9 Å². The fourth-order valence-corrected chi connectivity index (χ4v) is 4.63. The average Bonchev–Trinajstić information content (AvgIpc) is 2.96. The normalized spacial score (nSPS) is 13.5. The monoisotopic (exact) mass is 496 g/mol.